The second-order valence-corrected chi connectivity index (χ2v) is 5.26. The van der Waals surface area contributed by atoms with Crippen LogP contribution in [0.4, 0.5) is 25.8 Å². The van der Waals surface area contributed by atoms with Crippen molar-refractivity contribution in [2.75, 3.05) is 17.7 Å². The number of halogens is 2. The summed E-state index contributed by atoms with van der Waals surface area (Å²) in [5.41, 5.74) is 7.66. The Bertz CT molecular complexity index is 608. The highest BCUT2D eigenvalue weighted by atomic mass is 32.2. The smallest absolute Gasteiger partial charge is 0.288 e. The van der Waals surface area contributed by atoms with Crippen molar-refractivity contribution in [3.8, 4) is 5.75 Å². The first-order chi connectivity index (χ1) is 10.1. The van der Waals surface area contributed by atoms with E-state index in [9.17, 15) is 8.78 Å². The average Bonchev–Trinajstić information content (AvgIpc) is 2.40. The molecule has 0 aliphatic rings. The molecule has 0 amide bonds. The van der Waals surface area contributed by atoms with Crippen molar-refractivity contribution >= 4 is 28.8 Å². The molecule has 0 saturated carbocycles. The molecule has 21 heavy (non-hydrogen) atoms. The Hall–Kier alpha value is -1.95. The van der Waals surface area contributed by atoms with E-state index in [-0.39, 0.29) is 0 Å². The van der Waals surface area contributed by atoms with E-state index in [1.165, 1.54) is 0 Å². The zero-order chi connectivity index (χ0) is 15.2. The van der Waals surface area contributed by atoms with E-state index in [2.05, 4.69) is 5.32 Å². The Kier molecular flexibility index (Phi) is 5.27. The summed E-state index contributed by atoms with van der Waals surface area (Å²) in [7, 11) is 0. The number of para-hydroxylation sites is 1. The minimum atomic E-state index is -2.47. The summed E-state index contributed by atoms with van der Waals surface area (Å²) in [6, 6.07) is 12.1. The predicted octanol–water partition coefficient (Wildman–Crippen LogP) is 4.73. The van der Waals surface area contributed by atoms with Gasteiger partial charge in [0.25, 0.3) is 5.76 Å². The van der Waals surface area contributed by atoms with Gasteiger partial charge in [-0.3, -0.25) is 0 Å². The number of nitrogens with one attached hydrogen (secondary N) is 1. The van der Waals surface area contributed by atoms with Gasteiger partial charge in [-0.2, -0.15) is 8.78 Å². The Balaban J connectivity index is 2.25. The Morgan fingerprint density at radius 3 is 2.71 bits per heavy atom. The number of thioether (sulfide) groups is 1. The Labute approximate surface area is 126 Å². The van der Waals surface area contributed by atoms with Gasteiger partial charge in [-0.05, 0) is 25.1 Å². The van der Waals surface area contributed by atoms with Crippen molar-refractivity contribution < 1.29 is 13.5 Å². The van der Waals surface area contributed by atoms with Crippen LogP contribution >= 0.6 is 11.8 Å². The number of benzene rings is 2. The monoisotopic (exact) mass is 310 g/mol. The maximum Gasteiger partial charge on any atom is 0.288 e. The zero-order valence-corrected chi connectivity index (χ0v) is 12.3. The molecule has 0 atom stereocenters. The van der Waals surface area contributed by atoms with E-state index in [1.54, 1.807) is 42.5 Å². The molecular weight excluding hydrogens is 294 g/mol. The van der Waals surface area contributed by atoms with Gasteiger partial charge in [-0.1, -0.05) is 23.9 Å². The van der Waals surface area contributed by atoms with E-state index >= 15 is 0 Å². The molecule has 0 aliphatic carbocycles. The number of ether oxygens (including phenoxy) is 1. The molecule has 112 valence electrons. The molecule has 0 fully saturated rings. The molecule has 0 radical (unpaired) electrons. The number of alkyl halides is 2. The van der Waals surface area contributed by atoms with Crippen LogP contribution in [-0.4, -0.2) is 12.4 Å². The van der Waals surface area contributed by atoms with Crippen molar-refractivity contribution in [1.29, 1.82) is 0 Å². The molecule has 0 aliphatic heterocycles. The highest BCUT2D eigenvalue weighted by Gasteiger charge is 2.10. The lowest BCUT2D eigenvalue weighted by molar-refractivity contribution is 0.252. The predicted molar refractivity (Wildman–Crippen MR) is 83.6 cm³/mol. The van der Waals surface area contributed by atoms with Crippen LogP contribution in [0.3, 0.4) is 0 Å². The molecule has 3 N–H and O–H groups in total. The van der Waals surface area contributed by atoms with Gasteiger partial charge in [0, 0.05) is 28.4 Å². The summed E-state index contributed by atoms with van der Waals surface area (Å²) in [6.45, 7) is 2.41. The summed E-state index contributed by atoms with van der Waals surface area (Å²) in [4.78, 5) is 0.480. The van der Waals surface area contributed by atoms with Gasteiger partial charge >= 0.3 is 0 Å². The summed E-state index contributed by atoms with van der Waals surface area (Å²) < 4.78 is 30.5. The zero-order valence-electron chi connectivity index (χ0n) is 11.5. The Morgan fingerprint density at radius 2 is 2.00 bits per heavy atom. The largest absolute Gasteiger partial charge is 0.494 e. The number of hydrogen-bond donors (Lipinski definition) is 2. The first kappa shape index (κ1) is 15.4. The minimum absolute atomic E-state index is 0.480. The highest BCUT2D eigenvalue weighted by Crippen LogP contribution is 2.34. The van der Waals surface area contributed by atoms with Crippen LogP contribution in [0.15, 0.2) is 47.4 Å². The lowest BCUT2D eigenvalue weighted by Gasteiger charge is -2.13. The van der Waals surface area contributed by atoms with Gasteiger partial charge in [0.05, 0.1) is 12.3 Å². The molecule has 2 aromatic carbocycles. The fourth-order valence-electron chi connectivity index (χ4n) is 1.87. The van der Waals surface area contributed by atoms with Crippen molar-refractivity contribution in [2.45, 2.75) is 17.6 Å². The fourth-order valence-corrected chi connectivity index (χ4v) is 2.46. The minimum Gasteiger partial charge on any atom is -0.494 e. The van der Waals surface area contributed by atoms with E-state index in [0.717, 1.165) is 0 Å². The van der Waals surface area contributed by atoms with Crippen LogP contribution in [0.2, 0.25) is 0 Å². The van der Waals surface area contributed by atoms with Gasteiger partial charge in [-0.25, -0.2) is 0 Å². The number of nitrogens with two attached hydrogens (primary N) is 1. The van der Waals surface area contributed by atoms with Gasteiger partial charge in [0.2, 0.25) is 0 Å². The van der Waals surface area contributed by atoms with E-state index < -0.39 is 5.76 Å². The Morgan fingerprint density at radius 1 is 1.24 bits per heavy atom. The SMILES string of the molecule is CCOc1cc(N)cc(Nc2ccccc2SC(F)F)c1. The summed E-state index contributed by atoms with van der Waals surface area (Å²) >= 11 is 0.505. The third-order valence-electron chi connectivity index (χ3n) is 2.62. The maximum absolute atomic E-state index is 12.6. The molecule has 0 spiro atoms. The normalized spacial score (nSPS) is 10.7. The highest BCUT2D eigenvalue weighted by molar-refractivity contribution is 7.99. The van der Waals surface area contributed by atoms with E-state index in [0.29, 0.717) is 46.1 Å². The maximum atomic E-state index is 12.6. The van der Waals surface area contributed by atoms with Crippen LogP contribution in [0, 0.1) is 0 Å². The second kappa shape index (κ2) is 7.17. The number of anilines is 3. The second-order valence-electron chi connectivity index (χ2n) is 4.22. The first-order valence-electron chi connectivity index (χ1n) is 6.42. The number of hydrogen-bond acceptors (Lipinski definition) is 4. The van der Waals surface area contributed by atoms with Gasteiger partial charge in [-0.15, -0.1) is 0 Å². The lowest BCUT2D eigenvalue weighted by atomic mass is 10.2. The number of nitrogen functional groups attached to an aromatic ring is 1. The molecule has 0 heterocycles. The first-order valence-corrected chi connectivity index (χ1v) is 7.30. The van der Waals surface area contributed by atoms with E-state index in [1.807, 2.05) is 6.92 Å². The standard InChI is InChI=1S/C15H16F2N2OS/c1-2-20-12-8-10(18)7-11(9-12)19-13-5-3-4-6-14(13)21-15(16)17/h3-9,15,19H,2,18H2,1H3. The van der Waals surface area contributed by atoms with Crippen LogP contribution < -0.4 is 15.8 Å². The third kappa shape index (κ3) is 4.53. The van der Waals surface area contributed by atoms with Crippen molar-refractivity contribution in [1.82, 2.24) is 0 Å². The fraction of sp³-hybridized carbons (Fsp3) is 0.200. The molecule has 0 bridgehead atoms. The van der Waals surface area contributed by atoms with Crippen LogP contribution in [0.1, 0.15) is 6.92 Å². The van der Waals surface area contributed by atoms with Gasteiger partial charge < -0.3 is 15.8 Å². The van der Waals surface area contributed by atoms with Crippen molar-refractivity contribution in [2.24, 2.45) is 0 Å². The molecule has 0 aromatic heterocycles. The molecule has 0 unspecified atom stereocenters. The topological polar surface area (TPSA) is 47.3 Å². The van der Waals surface area contributed by atoms with Crippen molar-refractivity contribution in [3.05, 3.63) is 42.5 Å². The van der Waals surface area contributed by atoms with E-state index in [4.69, 9.17) is 10.5 Å². The lowest BCUT2D eigenvalue weighted by Crippen LogP contribution is -1.98. The van der Waals surface area contributed by atoms with Crippen molar-refractivity contribution in [3.63, 3.8) is 0 Å². The quantitative estimate of drug-likeness (QED) is 0.598. The molecule has 2 rings (SSSR count). The summed E-state index contributed by atoms with van der Waals surface area (Å²) in [6.07, 6.45) is 0. The van der Waals surface area contributed by atoms with Gasteiger partial charge in [0.1, 0.15) is 5.75 Å². The third-order valence-corrected chi connectivity index (χ3v) is 3.41. The van der Waals surface area contributed by atoms with Crippen LogP contribution in [-0.2, 0) is 0 Å². The average molecular weight is 310 g/mol. The number of rotatable bonds is 6. The summed E-state index contributed by atoms with van der Waals surface area (Å²) in [5.74, 6) is -1.83. The molecule has 2 aromatic rings. The van der Waals surface area contributed by atoms with Crippen LogP contribution in [0.5, 0.6) is 5.75 Å². The summed E-state index contributed by atoms with van der Waals surface area (Å²) in [5, 5.41) is 3.10. The molecular formula is C15H16F2N2OS. The van der Waals surface area contributed by atoms with Crippen LogP contribution in [0.25, 0.3) is 0 Å². The molecule has 6 heteroatoms. The molecule has 3 nitrogen and oxygen atoms in total. The van der Waals surface area contributed by atoms with Gasteiger partial charge in [0.15, 0.2) is 0 Å². The molecule has 0 saturated heterocycles.